The molecule has 1 unspecified atom stereocenters. The van der Waals surface area contributed by atoms with Crippen LogP contribution in [0.1, 0.15) is 42.4 Å². The fraction of sp³-hybridized carbons (Fsp3) is 0.348. The van der Waals surface area contributed by atoms with Crippen molar-refractivity contribution in [1.82, 2.24) is 10.0 Å². The van der Waals surface area contributed by atoms with Crippen LogP contribution < -0.4 is 15.9 Å². The fourth-order valence-electron chi connectivity index (χ4n) is 3.17. The molecule has 0 saturated carbocycles. The van der Waals surface area contributed by atoms with Gasteiger partial charge in [-0.15, -0.1) is 0 Å². The number of hydrogen-bond donors (Lipinski definition) is 4. The molecule has 2 aromatic rings. The molecule has 10 heteroatoms. The van der Waals surface area contributed by atoms with Gasteiger partial charge in [0.05, 0.1) is 23.6 Å². The molecule has 2 rings (SSSR count). The summed E-state index contributed by atoms with van der Waals surface area (Å²) in [4.78, 5) is 23.5. The van der Waals surface area contributed by atoms with E-state index in [-0.39, 0.29) is 30.2 Å². The monoisotopic (exact) mass is 474 g/mol. The Morgan fingerprint density at radius 1 is 1.09 bits per heavy atom. The predicted molar refractivity (Wildman–Crippen MR) is 126 cm³/mol. The third kappa shape index (κ3) is 9.42. The average Bonchev–Trinajstić information content (AvgIpc) is 2.76. The van der Waals surface area contributed by atoms with Crippen LogP contribution in [0.4, 0.5) is 0 Å². The Labute approximate surface area is 194 Å². The molecule has 0 aliphatic carbocycles. The van der Waals surface area contributed by atoms with Gasteiger partial charge in [0.25, 0.3) is 0 Å². The summed E-state index contributed by atoms with van der Waals surface area (Å²) < 4.78 is 27.3. The summed E-state index contributed by atoms with van der Waals surface area (Å²) in [6.07, 6.45) is 3.58. The van der Waals surface area contributed by atoms with E-state index in [0.29, 0.717) is 6.42 Å². The third-order valence-electron chi connectivity index (χ3n) is 4.96. The summed E-state index contributed by atoms with van der Waals surface area (Å²) in [5.41, 5.74) is 2.95. The number of carbonyl (C=O) groups is 2. The van der Waals surface area contributed by atoms with Crippen molar-refractivity contribution < 1.29 is 23.1 Å². The lowest BCUT2D eigenvalue weighted by molar-refractivity contribution is -0.137. The van der Waals surface area contributed by atoms with Crippen LogP contribution in [0.3, 0.4) is 0 Å². The summed E-state index contributed by atoms with van der Waals surface area (Å²) in [5, 5.41) is 15.2. The summed E-state index contributed by atoms with van der Waals surface area (Å²) in [7, 11) is -3.81. The second-order valence-corrected chi connectivity index (χ2v) is 9.52. The number of rotatable bonds is 13. The first kappa shape index (κ1) is 26.0. The number of hydrazone groups is 1. The van der Waals surface area contributed by atoms with E-state index < -0.39 is 22.0 Å². The number of hydrogen-bond acceptors (Lipinski definition) is 6. The molecule has 0 aliphatic heterocycles. The maximum absolute atomic E-state index is 12.4. The molecular weight excluding hydrogens is 444 g/mol. The Morgan fingerprint density at radius 3 is 2.36 bits per heavy atom. The molecule has 9 nitrogen and oxygen atoms in total. The number of aryl methyl sites for hydroxylation is 2. The van der Waals surface area contributed by atoms with Crippen molar-refractivity contribution in [3.63, 3.8) is 0 Å². The van der Waals surface area contributed by atoms with E-state index in [1.54, 1.807) is 18.3 Å². The lowest BCUT2D eigenvalue weighted by Crippen LogP contribution is -2.44. The Hall–Kier alpha value is -3.24. The molecule has 1 atom stereocenters. The van der Waals surface area contributed by atoms with Gasteiger partial charge in [-0.2, -0.15) is 5.10 Å². The van der Waals surface area contributed by atoms with Crippen molar-refractivity contribution in [3.8, 4) is 0 Å². The summed E-state index contributed by atoms with van der Waals surface area (Å²) in [5.74, 6) is 3.68. The SMILES string of the molecule is Cc1ccc(S(=O)(=O)NCC(CC(=O)O)NC(=O)CCCCc2ccc(C=NN)cc2)cc1. The second kappa shape index (κ2) is 12.7. The molecule has 0 spiro atoms. The van der Waals surface area contributed by atoms with Gasteiger partial charge in [-0.05, 0) is 49.4 Å². The smallest absolute Gasteiger partial charge is 0.305 e. The highest BCUT2D eigenvalue weighted by Gasteiger charge is 2.20. The maximum Gasteiger partial charge on any atom is 0.305 e. The highest BCUT2D eigenvalue weighted by Crippen LogP contribution is 2.11. The zero-order valence-electron chi connectivity index (χ0n) is 18.5. The molecule has 0 bridgehead atoms. The van der Waals surface area contributed by atoms with Crippen molar-refractivity contribution in [2.45, 2.75) is 50.0 Å². The van der Waals surface area contributed by atoms with Crippen LogP contribution >= 0.6 is 0 Å². The second-order valence-electron chi connectivity index (χ2n) is 7.75. The van der Waals surface area contributed by atoms with Gasteiger partial charge in [0.1, 0.15) is 0 Å². The van der Waals surface area contributed by atoms with Gasteiger partial charge in [-0.1, -0.05) is 42.0 Å². The first-order valence-electron chi connectivity index (χ1n) is 10.6. The number of carbonyl (C=O) groups excluding carboxylic acids is 1. The number of nitrogens with zero attached hydrogens (tertiary/aromatic N) is 1. The van der Waals surface area contributed by atoms with Crippen LogP contribution in [0.5, 0.6) is 0 Å². The Bertz CT molecular complexity index is 1050. The van der Waals surface area contributed by atoms with Crippen molar-refractivity contribution in [1.29, 1.82) is 0 Å². The van der Waals surface area contributed by atoms with Crippen molar-refractivity contribution in [2.75, 3.05) is 6.54 Å². The van der Waals surface area contributed by atoms with E-state index in [9.17, 15) is 18.0 Å². The largest absolute Gasteiger partial charge is 0.481 e. The number of sulfonamides is 1. The molecule has 2 aromatic carbocycles. The molecule has 0 fully saturated rings. The van der Waals surface area contributed by atoms with E-state index >= 15 is 0 Å². The van der Waals surface area contributed by atoms with E-state index in [1.165, 1.54) is 12.1 Å². The first-order chi connectivity index (χ1) is 15.7. The van der Waals surface area contributed by atoms with Gasteiger partial charge in [-0.25, -0.2) is 13.1 Å². The molecule has 0 radical (unpaired) electrons. The molecule has 0 aromatic heterocycles. The third-order valence-corrected chi connectivity index (χ3v) is 6.40. The standard InChI is InChI=1S/C23H30N4O5S/c1-17-6-12-21(13-7-17)33(31,32)26-16-20(14-23(29)30)27-22(28)5-3-2-4-18-8-10-19(11-9-18)15-25-24/h6-13,15,20,26H,2-5,14,16,24H2,1H3,(H,27,28)(H,29,30). The van der Waals surface area contributed by atoms with Crippen molar-refractivity contribution in [3.05, 3.63) is 65.2 Å². The molecule has 1 amide bonds. The van der Waals surface area contributed by atoms with E-state index in [2.05, 4.69) is 15.1 Å². The Balaban J connectivity index is 1.81. The molecule has 0 aliphatic rings. The molecule has 5 N–H and O–H groups in total. The number of nitrogens with one attached hydrogen (secondary N) is 2. The summed E-state index contributed by atoms with van der Waals surface area (Å²) in [6, 6.07) is 13.2. The Kier molecular flexibility index (Phi) is 10.0. The molecule has 0 saturated heterocycles. The average molecular weight is 475 g/mol. The van der Waals surface area contributed by atoms with Gasteiger partial charge in [0, 0.05) is 13.0 Å². The normalized spacial score (nSPS) is 12.5. The number of benzene rings is 2. The quantitative estimate of drug-likeness (QED) is 0.151. The Morgan fingerprint density at radius 2 is 1.76 bits per heavy atom. The molecule has 178 valence electrons. The predicted octanol–water partition coefficient (Wildman–Crippen LogP) is 1.94. The van der Waals surface area contributed by atoms with Gasteiger partial charge < -0.3 is 16.3 Å². The van der Waals surface area contributed by atoms with Crippen LogP contribution in [0.2, 0.25) is 0 Å². The molecule has 0 heterocycles. The summed E-state index contributed by atoms with van der Waals surface area (Å²) in [6.45, 7) is 1.63. The number of nitrogens with two attached hydrogens (primary N) is 1. The van der Waals surface area contributed by atoms with E-state index in [4.69, 9.17) is 10.9 Å². The van der Waals surface area contributed by atoms with E-state index in [1.807, 2.05) is 31.2 Å². The minimum absolute atomic E-state index is 0.0804. The maximum atomic E-state index is 12.4. The molecule has 33 heavy (non-hydrogen) atoms. The summed E-state index contributed by atoms with van der Waals surface area (Å²) >= 11 is 0. The fourth-order valence-corrected chi connectivity index (χ4v) is 4.25. The highest BCUT2D eigenvalue weighted by atomic mass is 32.2. The number of unbranched alkanes of at least 4 members (excludes halogenated alkanes) is 1. The minimum atomic E-state index is -3.81. The zero-order valence-corrected chi connectivity index (χ0v) is 19.3. The van der Waals surface area contributed by atoms with Crippen LogP contribution in [-0.4, -0.2) is 44.2 Å². The lowest BCUT2D eigenvalue weighted by atomic mass is 10.1. The van der Waals surface area contributed by atoms with Crippen LogP contribution in [0.15, 0.2) is 58.5 Å². The first-order valence-corrected chi connectivity index (χ1v) is 12.1. The lowest BCUT2D eigenvalue weighted by Gasteiger charge is -2.18. The van der Waals surface area contributed by atoms with Crippen LogP contribution in [0.25, 0.3) is 0 Å². The van der Waals surface area contributed by atoms with Gasteiger partial charge in [-0.3, -0.25) is 9.59 Å². The molecular formula is C23H30N4O5S. The van der Waals surface area contributed by atoms with E-state index in [0.717, 1.165) is 29.5 Å². The number of carboxylic acids is 1. The van der Waals surface area contributed by atoms with Crippen molar-refractivity contribution >= 4 is 28.1 Å². The topological polar surface area (TPSA) is 151 Å². The minimum Gasteiger partial charge on any atom is -0.481 e. The number of amides is 1. The van der Waals surface area contributed by atoms with Gasteiger partial charge in [0.15, 0.2) is 0 Å². The van der Waals surface area contributed by atoms with Gasteiger partial charge in [0.2, 0.25) is 15.9 Å². The number of carboxylic acid groups (broad SMARTS) is 1. The highest BCUT2D eigenvalue weighted by molar-refractivity contribution is 7.89. The van der Waals surface area contributed by atoms with Gasteiger partial charge >= 0.3 is 5.97 Å². The van der Waals surface area contributed by atoms with Crippen molar-refractivity contribution in [2.24, 2.45) is 10.9 Å². The zero-order chi connectivity index (χ0) is 24.3. The van der Waals surface area contributed by atoms with Crippen LogP contribution in [0, 0.1) is 6.92 Å². The number of aliphatic carboxylic acids is 1. The van der Waals surface area contributed by atoms with Crippen LogP contribution in [-0.2, 0) is 26.0 Å².